The number of methoxy groups -OCH3 is 2. The van der Waals surface area contributed by atoms with E-state index in [4.69, 9.17) is 14.5 Å². The summed E-state index contributed by atoms with van der Waals surface area (Å²) in [6.45, 7) is 3.92. The molecule has 0 saturated carbocycles. The van der Waals surface area contributed by atoms with Gasteiger partial charge in [0, 0.05) is 44.0 Å². The summed E-state index contributed by atoms with van der Waals surface area (Å²) < 4.78 is 12.5. The third-order valence-corrected chi connectivity index (χ3v) is 6.06. The maximum Gasteiger partial charge on any atom is 0.248 e. The largest absolute Gasteiger partial charge is 0.383 e. The van der Waals surface area contributed by atoms with Crippen molar-refractivity contribution < 1.29 is 14.6 Å². The molecule has 2 N–H and O–H groups in total. The number of likely N-dealkylation sites (tertiary alicyclic amines) is 1. The van der Waals surface area contributed by atoms with E-state index in [9.17, 15) is 9.90 Å². The van der Waals surface area contributed by atoms with Crippen LogP contribution in [0, 0.1) is 0 Å². The normalized spacial score (nSPS) is 16.7. The summed E-state index contributed by atoms with van der Waals surface area (Å²) in [6, 6.07) is 11.1. The van der Waals surface area contributed by atoms with Crippen molar-refractivity contribution in [1.82, 2.24) is 19.4 Å². The van der Waals surface area contributed by atoms with Crippen molar-refractivity contribution in [1.29, 1.82) is 0 Å². The first-order valence-electron chi connectivity index (χ1n) is 10.7. The number of nitrogens with one attached hydrogen (secondary N) is 1. The topological polar surface area (TPSA) is 92.6 Å². The number of imidazole rings is 1. The molecule has 3 aromatic rings. The van der Waals surface area contributed by atoms with Gasteiger partial charge in [-0.3, -0.25) is 9.69 Å². The molecule has 0 radical (unpaired) electrons. The first-order chi connectivity index (χ1) is 15.1. The second-order valence-electron chi connectivity index (χ2n) is 8.03. The van der Waals surface area contributed by atoms with Crippen LogP contribution in [0.1, 0.15) is 42.1 Å². The number of pyridine rings is 1. The highest BCUT2D eigenvalue weighted by molar-refractivity contribution is 5.77. The summed E-state index contributed by atoms with van der Waals surface area (Å²) in [5.74, 6) is 1.37. The number of aromatic nitrogens is 3. The fraction of sp³-hybridized carbons (Fsp3) is 0.478. The molecule has 166 valence electrons. The summed E-state index contributed by atoms with van der Waals surface area (Å²) >= 11 is 0. The summed E-state index contributed by atoms with van der Waals surface area (Å²) in [5, 5.41) is 10.1. The SMILES string of the molecule is COCCn1c(CN2CCC(c3cccc(=O)[nH]3)CC2)nc2ccc(C(O)OC)cc21. The van der Waals surface area contributed by atoms with E-state index in [1.807, 2.05) is 30.3 Å². The van der Waals surface area contributed by atoms with Crippen LogP contribution in [0.2, 0.25) is 0 Å². The molecule has 4 rings (SSSR count). The number of H-pyrrole nitrogens is 1. The fourth-order valence-electron chi connectivity index (χ4n) is 4.34. The Kier molecular flexibility index (Phi) is 6.82. The second-order valence-corrected chi connectivity index (χ2v) is 8.03. The predicted molar refractivity (Wildman–Crippen MR) is 118 cm³/mol. The minimum Gasteiger partial charge on any atom is -0.383 e. The molecule has 3 heterocycles. The molecular weight excluding hydrogens is 396 g/mol. The summed E-state index contributed by atoms with van der Waals surface area (Å²) in [4.78, 5) is 21.9. The minimum atomic E-state index is -0.956. The Bertz CT molecular complexity index is 1070. The lowest BCUT2D eigenvalue weighted by Gasteiger charge is -2.31. The van der Waals surface area contributed by atoms with E-state index < -0.39 is 6.29 Å². The zero-order valence-corrected chi connectivity index (χ0v) is 18.1. The predicted octanol–water partition coefficient (Wildman–Crippen LogP) is 2.39. The number of benzene rings is 1. The van der Waals surface area contributed by atoms with Gasteiger partial charge in [-0.05, 0) is 44.1 Å². The van der Waals surface area contributed by atoms with Crippen molar-refractivity contribution in [3.05, 3.63) is 63.8 Å². The Morgan fingerprint density at radius 3 is 2.74 bits per heavy atom. The summed E-state index contributed by atoms with van der Waals surface area (Å²) in [5.41, 5.74) is 3.57. The Balaban J connectivity index is 1.51. The lowest BCUT2D eigenvalue weighted by atomic mass is 9.93. The van der Waals surface area contributed by atoms with Crippen molar-refractivity contribution in [2.75, 3.05) is 33.9 Å². The van der Waals surface area contributed by atoms with Crippen LogP contribution < -0.4 is 5.56 Å². The molecule has 8 nitrogen and oxygen atoms in total. The number of aliphatic hydroxyl groups is 1. The van der Waals surface area contributed by atoms with Crippen molar-refractivity contribution in [2.24, 2.45) is 0 Å². The van der Waals surface area contributed by atoms with Crippen molar-refractivity contribution in [2.45, 2.75) is 38.1 Å². The van der Waals surface area contributed by atoms with Crippen LogP contribution in [-0.4, -0.2) is 58.5 Å². The van der Waals surface area contributed by atoms with Gasteiger partial charge in [0.1, 0.15) is 5.82 Å². The van der Waals surface area contributed by atoms with Gasteiger partial charge in [0.15, 0.2) is 6.29 Å². The van der Waals surface area contributed by atoms with Gasteiger partial charge in [-0.15, -0.1) is 0 Å². The quantitative estimate of drug-likeness (QED) is 0.538. The Hall–Kier alpha value is -2.52. The molecule has 0 bridgehead atoms. The molecule has 0 spiro atoms. The van der Waals surface area contributed by atoms with Gasteiger partial charge < -0.3 is 24.1 Å². The number of hydrogen-bond donors (Lipinski definition) is 2. The van der Waals surface area contributed by atoms with E-state index in [1.165, 1.54) is 7.11 Å². The van der Waals surface area contributed by atoms with Gasteiger partial charge >= 0.3 is 0 Å². The number of rotatable bonds is 8. The number of ether oxygens (including phenoxy) is 2. The number of aromatic amines is 1. The average molecular weight is 427 g/mol. The molecule has 1 fully saturated rings. The molecule has 2 aromatic heterocycles. The third kappa shape index (κ3) is 4.88. The van der Waals surface area contributed by atoms with E-state index in [0.717, 1.165) is 55.0 Å². The highest BCUT2D eigenvalue weighted by Gasteiger charge is 2.23. The number of piperidine rings is 1. The highest BCUT2D eigenvalue weighted by atomic mass is 16.6. The molecule has 1 unspecified atom stereocenters. The van der Waals surface area contributed by atoms with Gasteiger partial charge in [-0.25, -0.2) is 4.98 Å². The van der Waals surface area contributed by atoms with Gasteiger partial charge in [0.2, 0.25) is 5.56 Å². The molecule has 1 aliphatic heterocycles. The highest BCUT2D eigenvalue weighted by Crippen LogP contribution is 2.28. The summed E-state index contributed by atoms with van der Waals surface area (Å²) in [7, 11) is 3.18. The molecule has 1 atom stereocenters. The number of nitrogens with zero attached hydrogens (tertiary/aromatic N) is 3. The molecule has 0 amide bonds. The van der Waals surface area contributed by atoms with E-state index >= 15 is 0 Å². The van der Waals surface area contributed by atoms with E-state index in [1.54, 1.807) is 13.2 Å². The molecule has 8 heteroatoms. The number of fused-ring (bicyclic) bond motifs is 1. The molecule has 31 heavy (non-hydrogen) atoms. The number of aliphatic hydroxyl groups excluding tert-OH is 1. The Morgan fingerprint density at radius 2 is 2.03 bits per heavy atom. The van der Waals surface area contributed by atoms with Crippen molar-refractivity contribution in [3.63, 3.8) is 0 Å². The standard InChI is InChI=1S/C23H30N4O4/c1-30-13-12-27-20-14-17(23(29)31-2)6-7-19(20)24-21(27)15-26-10-8-16(9-11-26)18-4-3-5-22(28)25-18/h3-7,14,16,23,29H,8-13,15H2,1-2H3,(H,25,28). The smallest absolute Gasteiger partial charge is 0.248 e. The van der Waals surface area contributed by atoms with E-state index in [-0.39, 0.29) is 5.56 Å². The van der Waals surface area contributed by atoms with E-state index in [0.29, 0.717) is 24.6 Å². The van der Waals surface area contributed by atoms with Crippen molar-refractivity contribution >= 4 is 11.0 Å². The van der Waals surface area contributed by atoms with Crippen LogP contribution in [0.25, 0.3) is 11.0 Å². The fourth-order valence-corrected chi connectivity index (χ4v) is 4.34. The lowest BCUT2D eigenvalue weighted by molar-refractivity contribution is -0.0768. The first kappa shape index (κ1) is 21.7. The minimum absolute atomic E-state index is 0.0373. The van der Waals surface area contributed by atoms with Crippen LogP contribution in [0.15, 0.2) is 41.2 Å². The first-order valence-corrected chi connectivity index (χ1v) is 10.7. The van der Waals surface area contributed by atoms with Gasteiger partial charge in [-0.1, -0.05) is 12.1 Å². The maximum absolute atomic E-state index is 11.6. The molecule has 1 aromatic carbocycles. The van der Waals surface area contributed by atoms with Crippen LogP contribution in [-0.2, 0) is 22.6 Å². The average Bonchev–Trinajstić information content (AvgIpc) is 3.13. The number of hydrogen-bond acceptors (Lipinski definition) is 6. The van der Waals surface area contributed by atoms with Crippen molar-refractivity contribution in [3.8, 4) is 0 Å². The second kappa shape index (κ2) is 9.74. The van der Waals surface area contributed by atoms with Gasteiger partial charge in [0.05, 0.1) is 24.2 Å². The van der Waals surface area contributed by atoms with Gasteiger partial charge in [0.25, 0.3) is 0 Å². The molecule has 0 aliphatic carbocycles. The third-order valence-electron chi connectivity index (χ3n) is 6.06. The molecular formula is C23H30N4O4. The zero-order chi connectivity index (χ0) is 21.8. The van der Waals surface area contributed by atoms with E-state index in [2.05, 4.69) is 14.5 Å². The monoisotopic (exact) mass is 426 g/mol. The van der Waals surface area contributed by atoms with Crippen LogP contribution in [0.4, 0.5) is 0 Å². The molecule has 1 aliphatic rings. The van der Waals surface area contributed by atoms with Crippen LogP contribution >= 0.6 is 0 Å². The lowest BCUT2D eigenvalue weighted by Crippen LogP contribution is -2.34. The maximum atomic E-state index is 11.6. The Morgan fingerprint density at radius 1 is 1.23 bits per heavy atom. The zero-order valence-electron chi connectivity index (χ0n) is 18.1. The Labute approximate surface area is 181 Å². The van der Waals surface area contributed by atoms with Gasteiger partial charge in [-0.2, -0.15) is 0 Å². The summed E-state index contributed by atoms with van der Waals surface area (Å²) in [6.07, 6.45) is 1.05. The van der Waals surface area contributed by atoms with Crippen LogP contribution in [0.3, 0.4) is 0 Å². The molecule has 1 saturated heterocycles. The van der Waals surface area contributed by atoms with Crippen LogP contribution in [0.5, 0.6) is 0 Å².